The van der Waals surface area contributed by atoms with E-state index in [0.29, 0.717) is 6.04 Å². The molecule has 0 atom stereocenters. The highest BCUT2D eigenvalue weighted by Crippen LogP contribution is 2.31. The molecule has 0 unspecified atom stereocenters. The standard InChI is InChI=1S/C19H23N3O/c1-3-15-13(2)21(14-9-5-4-6-10-14)19-20-16-11-7-8-12-17(16)22(19)18(15)23/h7-8,11-12,14H,3-6,9-10H2,1-2H3. The molecular formula is C19H23N3O. The molecule has 1 fully saturated rings. The molecule has 1 aliphatic carbocycles. The lowest BCUT2D eigenvalue weighted by atomic mass is 9.94. The van der Waals surface area contributed by atoms with Crippen LogP contribution in [0.1, 0.15) is 56.3 Å². The minimum Gasteiger partial charge on any atom is -0.312 e. The molecule has 2 heterocycles. The predicted molar refractivity (Wildman–Crippen MR) is 93.2 cm³/mol. The molecule has 0 bridgehead atoms. The molecule has 2 aromatic heterocycles. The van der Waals surface area contributed by atoms with Crippen molar-refractivity contribution in [3.05, 3.63) is 45.9 Å². The second kappa shape index (κ2) is 5.52. The summed E-state index contributed by atoms with van der Waals surface area (Å²) >= 11 is 0. The Morgan fingerprint density at radius 1 is 1.17 bits per heavy atom. The zero-order valence-corrected chi connectivity index (χ0v) is 13.9. The molecule has 0 spiro atoms. The highest BCUT2D eigenvalue weighted by molar-refractivity contribution is 5.79. The van der Waals surface area contributed by atoms with E-state index in [0.717, 1.165) is 34.5 Å². The molecule has 1 aromatic carbocycles. The fourth-order valence-electron chi connectivity index (χ4n) is 4.14. The SMILES string of the molecule is CCc1c(C)n(C2CCCCC2)c2nc3ccccc3n2c1=O. The highest BCUT2D eigenvalue weighted by atomic mass is 16.1. The lowest BCUT2D eigenvalue weighted by Crippen LogP contribution is -2.27. The fourth-order valence-corrected chi connectivity index (χ4v) is 4.14. The van der Waals surface area contributed by atoms with Gasteiger partial charge in [-0.15, -0.1) is 0 Å². The first-order valence-electron chi connectivity index (χ1n) is 8.73. The van der Waals surface area contributed by atoms with E-state index in [-0.39, 0.29) is 5.56 Å². The third-order valence-electron chi connectivity index (χ3n) is 5.31. The van der Waals surface area contributed by atoms with Crippen LogP contribution >= 0.6 is 0 Å². The topological polar surface area (TPSA) is 39.3 Å². The van der Waals surface area contributed by atoms with E-state index in [1.54, 1.807) is 0 Å². The van der Waals surface area contributed by atoms with Crippen LogP contribution in [-0.2, 0) is 6.42 Å². The molecule has 23 heavy (non-hydrogen) atoms. The Balaban J connectivity index is 2.13. The van der Waals surface area contributed by atoms with Crippen LogP contribution in [0.15, 0.2) is 29.1 Å². The predicted octanol–water partition coefficient (Wildman–Crippen LogP) is 4.03. The van der Waals surface area contributed by atoms with Gasteiger partial charge in [-0.25, -0.2) is 9.38 Å². The number of fused-ring (bicyclic) bond motifs is 3. The van der Waals surface area contributed by atoms with Crippen LogP contribution in [-0.4, -0.2) is 14.0 Å². The summed E-state index contributed by atoms with van der Waals surface area (Å²) < 4.78 is 4.18. The molecule has 4 nitrogen and oxygen atoms in total. The van der Waals surface area contributed by atoms with Crippen molar-refractivity contribution in [3.63, 3.8) is 0 Å². The van der Waals surface area contributed by atoms with Gasteiger partial charge in [0.25, 0.3) is 5.56 Å². The van der Waals surface area contributed by atoms with E-state index < -0.39 is 0 Å². The molecule has 0 aliphatic heterocycles. The second-order valence-electron chi connectivity index (χ2n) is 6.62. The van der Waals surface area contributed by atoms with Crippen molar-refractivity contribution in [1.29, 1.82) is 0 Å². The lowest BCUT2D eigenvalue weighted by molar-refractivity contribution is 0.350. The molecule has 0 amide bonds. The normalized spacial score (nSPS) is 16.4. The van der Waals surface area contributed by atoms with Gasteiger partial charge in [0.2, 0.25) is 5.78 Å². The van der Waals surface area contributed by atoms with Gasteiger partial charge >= 0.3 is 0 Å². The van der Waals surface area contributed by atoms with Crippen LogP contribution in [0.2, 0.25) is 0 Å². The van der Waals surface area contributed by atoms with Gasteiger partial charge in [-0.05, 0) is 38.3 Å². The summed E-state index contributed by atoms with van der Waals surface area (Å²) in [7, 11) is 0. The number of para-hydroxylation sites is 2. The lowest BCUT2D eigenvalue weighted by Gasteiger charge is -2.28. The van der Waals surface area contributed by atoms with Crippen molar-refractivity contribution in [2.45, 2.75) is 58.4 Å². The Morgan fingerprint density at radius 3 is 2.65 bits per heavy atom. The van der Waals surface area contributed by atoms with Gasteiger partial charge in [0.05, 0.1) is 11.0 Å². The van der Waals surface area contributed by atoms with Gasteiger partial charge < -0.3 is 4.57 Å². The molecule has 4 rings (SSSR count). The van der Waals surface area contributed by atoms with Crippen molar-refractivity contribution in [1.82, 2.24) is 14.0 Å². The van der Waals surface area contributed by atoms with Gasteiger partial charge in [0.15, 0.2) is 0 Å². The first-order chi connectivity index (χ1) is 11.2. The fraction of sp³-hybridized carbons (Fsp3) is 0.474. The second-order valence-corrected chi connectivity index (χ2v) is 6.62. The van der Waals surface area contributed by atoms with Crippen molar-refractivity contribution < 1.29 is 0 Å². The van der Waals surface area contributed by atoms with Crippen molar-refractivity contribution in [2.75, 3.05) is 0 Å². The first kappa shape index (κ1) is 14.5. The minimum absolute atomic E-state index is 0.0979. The Labute approximate surface area is 135 Å². The quantitative estimate of drug-likeness (QED) is 0.717. The average Bonchev–Trinajstić information content (AvgIpc) is 2.95. The van der Waals surface area contributed by atoms with Crippen LogP contribution in [0.5, 0.6) is 0 Å². The van der Waals surface area contributed by atoms with E-state index in [9.17, 15) is 4.79 Å². The molecule has 0 radical (unpaired) electrons. The first-order valence-corrected chi connectivity index (χ1v) is 8.73. The van der Waals surface area contributed by atoms with E-state index in [1.165, 1.54) is 32.1 Å². The van der Waals surface area contributed by atoms with Gasteiger partial charge in [-0.3, -0.25) is 4.79 Å². The van der Waals surface area contributed by atoms with Crippen LogP contribution in [0.25, 0.3) is 16.8 Å². The van der Waals surface area contributed by atoms with Gasteiger partial charge in [-0.2, -0.15) is 0 Å². The number of nitrogens with zero attached hydrogens (tertiary/aromatic N) is 3. The number of benzene rings is 1. The third-order valence-corrected chi connectivity index (χ3v) is 5.31. The zero-order valence-electron chi connectivity index (χ0n) is 13.9. The molecular weight excluding hydrogens is 286 g/mol. The molecule has 120 valence electrons. The summed E-state index contributed by atoms with van der Waals surface area (Å²) in [5.41, 5.74) is 3.95. The molecule has 4 heteroatoms. The summed E-state index contributed by atoms with van der Waals surface area (Å²) in [5, 5.41) is 0. The van der Waals surface area contributed by atoms with Crippen molar-refractivity contribution in [3.8, 4) is 0 Å². The van der Waals surface area contributed by atoms with Crippen molar-refractivity contribution in [2.24, 2.45) is 0 Å². The molecule has 0 N–H and O–H groups in total. The molecule has 1 saturated carbocycles. The Kier molecular flexibility index (Phi) is 3.47. The average molecular weight is 309 g/mol. The number of aromatic nitrogens is 3. The number of imidazole rings is 1. The summed E-state index contributed by atoms with van der Waals surface area (Å²) in [6, 6.07) is 8.42. The Morgan fingerprint density at radius 2 is 1.91 bits per heavy atom. The largest absolute Gasteiger partial charge is 0.312 e. The maximum atomic E-state index is 13.0. The van der Waals surface area contributed by atoms with Gasteiger partial charge in [0.1, 0.15) is 0 Å². The highest BCUT2D eigenvalue weighted by Gasteiger charge is 2.23. The third kappa shape index (κ3) is 2.12. The molecule has 1 aliphatic rings. The van der Waals surface area contributed by atoms with Crippen LogP contribution in [0, 0.1) is 6.92 Å². The monoisotopic (exact) mass is 309 g/mol. The minimum atomic E-state index is 0.0979. The molecule has 3 aromatic rings. The summed E-state index contributed by atoms with van der Waals surface area (Å²) in [4.78, 5) is 17.8. The summed E-state index contributed by atoms with van der Waals surface area (Å²) in [6.45, 7) is 4.16. The number of rotatable bonds is 2. The van der Waals surface area contributed by atoms with Crippen LogP contribution < -0.4 is 5.56 Å². The Hall–Kier alpha value is -2.10. The molecule has 0 saturated heterocycles. The smallest absolute Gasteiger partial charge is 0.262 e. The van der Waals surface area contributed by atoms with E-state index in [2.05, 4.69) is 18.4 Å². The van der Waals surface area contributed by atoms with Crippen LogP contribution in [0.3, 0.4) is 0 Å². The van der Waals surface area contributed by atoms with E-state index in [1.807, 2.05) is 28.7 Å². The summed E-state index contributed by atoms with van der Waals surface area (Å²) in [5.74, 6) is 0.817. The summed E-state index contributed by atoms with van der Waals surface area (Å²) in [6.07, 6.45) is 6.99. The van der Waals surface area contributed by atoms with E-state index in [4.69, 9.17) is 4.98 Å². The Bertz CT molecular complexity index is 929. The van der Waals surface area contributed by atoms with E-state index >= 15 is 0 Å². The van der Waals surface area contributed by atoms with Crippen molar-refractivity contribution >= 4 is 16.8 Å². The number of hydrogen-bond donors (Lipinski definition) is 0. The van der Waals surface area contributed by atoms with Crippen LogP contribution in [0.4, 0.5) is 0 Å². The van der Waals surface area contributed by atoms with Gasteiger partial charge in [0, 0.05) is 17.3 Å². The number of hydrogen-bond acceptors (Lipinski definition) is 2. The zero-order chi connectivity index (χ0) is 16.0. The maximum absolute atomic E-state index is 13.0. The maximum Gasteiger partial charge on any atom is 0.262 e. The van der Waals surface area contributed by atoms with Gasteiger partial charge in [-0.1, -0.05) is 38.3 Å².